The van der Waals surface area contributed by atoms with Gasteiger partial charge in [-0.05, 0) is 43.8 Å². The number of thioether (sulfide) groups is 1. The predicted octanol–water partition coefficient (Wildman–Crippen LogP) is 2.74. The van der Waals surface area contributed by atoms with Crippen molar-refractivity contribution < 1.29 is 9.53 Å². The number of amides is 1. The summed E-state index contributed by atoms with van der Waals surface area (Å²) in [5, 5.41) is 2.90. The van der Waals surface area contributed by atoms with Gasteiger partial charge in [-0.15, -0.1) is 12.4 Å². The number of hydrogen-bond donors (Lipinski definition) is 2. The zero-order chi connectivity index (χ0) is 15.1. The van der Waals surface area contributed by atoms with Crippen molar-refractivity contribution in [3.63, 3.8) is 0 Å². The molecule has 0 bridgehead atoms. The van der Waals surface area contributed by atoms with Gasteiger partial charge >= 0.3 is 0 Å². The highest BCUT2D eigenvalue weighted by molar-refractivity contribution is 7.98. The van der Waals surface area contributed by atoms with Crippen LogP contribution in [0.5, 0.6) is 5.75 Å². The summed E-state index contributed by atoms with van der Waals surface area (Å²) >= 11 is 1.70. The molecule has 0 aromatic heterocycles. The van der Waals surface area contributed by atoms with Crippen molar-refractivity contribution in [1.29, 1.82) is 0 Å². The van der Waals surface area contributed by atoms with E-state index in [4.69, 9.17) is 10.5 Å². The maximum Gasteiger partial charge on any atom is 0.237 e. The van der Waals surface area contributed by atoms with Crippen LogP contribution < -0.4 is 15.8 Å². The van der Waals surface area contributed by atoms with Crippen molar-refractivity contribution in [1.82, 2.24) is 5.32 Å². The van der Waals surface area contributed by atoms with Gasteiger partial charge in [0.15, 0.2) is 0 Å². The average Bonchev–Trinajstić information content (AvgIpc) is 2.46. The first-order valence-corrected chi connectivity index (χ1v) is 8.87. The highest BCUT2D eigenvalue weighted by Crippen LogP contribution is 2.27. The van der Waals surface area contributed by atoms with E-state index in [1.54, 1.807) is 11.8 Å². The van der Waals surface area contributed by atoms with Gasteiger partial charge in [0.2, 0.25) is 5.91 Å². The van der Waals surface area contributed by atoms with E-state index in [1.807, 2.05) is 30.5 Å². The van der Waals surface area contributed by atoms with Crippen molar-refractivity contribution in [2.75, 3.05) is 12.0 Å². The van der Waals surface area contributed by atoms with Gasteiger partial charge in [0.1, 0.15) is 5.75 Å². The van der Waals surface area contributed by atoms with Crippen LogP contribution in [0.3, 0.4) is 0 Å². The summed E-state index contributed by atoms with van der Waals surface area (Å²) in [5.74, 6) is 1.68. The fourth-order valence-electron chi connectivity index (χ4n) is 2.12. The molecule has 4 nitrogen and oxygen atoms in total. The van der Waals surface area contributed by atoms with Crippen molar-refractivity contribution in [3.05, 3.63) is 29.8 Å². The summed E-state index contributed by atoms with van der Waals surface area (Å²) in [7, 11) is 0. The molecule has 0 radical (unpaired) electrons. The van der Waals surface area contributed by atoms with Crippen LogP contribution in [0.25, 0.3) is 0 Å². The lowest BCUT2D eigenvalue weighted by Crippen LogP contribution is -2.40. The Morgan fingerprint density at radius 2 is 2.18 bits per heavy atom. The number of para-hydroxylation sites is 1. The Labute approximate surface area is 143 Å². The molecule has 1 fully saturated rings. The minimum absolute atomic E-state index is 0. The maximum atomic E-state index is 11.9. The van der Waals surface area contributed by atoms with E-state index in [2.05, 4.69) is 5.32 Å². The first kappa shape index (κ1) is 19.1. The lowest BCUT2D eigenvalue weighted by atomic mass is 9.96. The van der Waals surface area contributed by atoms with E-state index in [-0.39, 0.29) is 18.3 Å². The van der Waals surface area contributed by atoms with Crippen LogP contribution in [0.1, 0.15) is 31.2 Å². The lowest BCUT2D eigenvalue weighted by Gasteiger charge is -2.27. The summed E-state index contributed by atoms with van der Waals surface area (Å²) in [4.78, 5) is 11.9. The molecule has 0 spiro atoms. The number of carbonyl (C=O) groups is 1. The van der Waals surface area contributed by atoms with Crippen LogP contribution in [-0.2, 0) is 11.3 Å². The third kappa shape index (κ3) is 5.71. The molecule has 1 amide bonds. The molecule has 6 heteroatoms. The minimum Gasteiger partial charge on any atom is -0.490 e. The van der Waals surface area contributed by atoms with Crippen molar-refractivity contribution in [2.45, 2.75) is 44.4 Å². The fourth-order valence-corrected chi connectivity index (χ4v) is 2.61. The number of rotatable bonds is 8. The third-order valence-corrected chi connectivity index (χ3v) is 4.39. The molecule has 1 saturated carbocycles. The predicted molar refractivity (Wildman–Crippen MR) is 94.8 cm³/mol. The second-order valence-electron chi connectivity index (χ2n) is 5.38. The summed E-state index contributed by atoms with van der Waals surface area (Å²) in [5.41, 5.74) is 6.87. The molecule has 0 heterocycles. The second-order valence-corrected chi connectivity index (χ2v) is 6.37. The molecule has 1 aliphatic rings. The van der Waals surface area contributed by atoms with Crippen molar-refractivity contribution >= 4 is 30.1 Å². The van der Waals surface area contributed by atoms with Gasteiger partial charge in [0.05, 0.1) is 12.1 Å². The Morgan fingerprint density at radius 3 is 2.82 bits per heavy atom. The third-order valence-electron chi connectivity index (χ3n) is 3.74. The van der Waals surface area contributed by atoms with E-state index >= 15 is 0 Å². The molecular formula is C16H25ClN2O2S. The zero-order valence-electron chi connectivity index (χ0n) is 12.9. The normalized spacial score (nSPS) is 15.4. The largest absolute Gasteiger partial charge is 0.490 e. The Bertz CT molecular complexity index is 469. The topological polar surface area (TPSA) is 64.4 Å². The van der Waals surface area contributed by atoms with Gasteiger partial charge in [-0.3, -0.25) is 4.79 Å². The number of ether oxygens (including phenoxy) is 1. The number of hydrogen-bond acceptors (Lipinski definition) is 4. The Morgan fingerprint density at radius 1 is 1.45 bits per heavy atom. The highest BCUT2D eigenvalue weighted by atomic mass is 35.5. The first-order chi connectivity index (χ1) is 10.2. The molecular weight excluding hydrogens is 320 g/mol. The molecule has 0 aliphatic heterocycles. The molecule has 1 atom stereocenters. The van der Waals surface area contributed by atoms with Gasteiger partial charge in [-0.1, -0.05) is 18.2 Å². The number of benzene rings is 1. The number of halogens is 1. The molecule has 1 aliphatic carbocycles. The van der Waals surface area contributed by atoms with E-state index in [1.165, 1.54) is 6.42 Å². The summed E-state index contributed by atoms with van der Waals surface area (Å²) < 4.78 is 5.95. The van der Waals surface area contributed by atoms with E-state index in [0.29, 0.717) is 19.1 Å². The summed E-state index contributed by atoms with van der Waals surface area (Å²) in [6.45, 7) is 0.467. The average molecular weight is 345 g/mol. The number of nitrogens with two attached hydrogens (primary N) is 1. The molecule has 1 aromatic carbocycles. The SMILES string of the molecule is CSCC[C@H](N)C(=O)NCc1ccccc1OC1CCC1.Cl. The Kier molecular flexibility index (Phi) is 8.68. The lowest BCUT2D eigenvalue weighted by molar-refractivity contribution is -0.122. The minimum atomic E-state index is -0.433. The smallest absolute Gasteiger partial charge is 0.237 e. The van der Waals surface area contributed by atoms with Crippen LogP contribution in [0.15, 0.2) is 24.3 Å². The van der Waals surface area contributed by atoms with Gasteiger partial charge < -0.3 is 15.8 Å². The molecule has 3 N–H and O–H groups in total. The summed E-state index contributed by atoms with van der Waals surface area (Å²) in [6, 6.07) is 7.44. The quantitative estimate of drug-likeness (QED) is 0.761. The van der Waals surface area contributed by atoms with Crippen LogP contribution in [0.4, 0.5) is 0 Å². The first-order valence-electron chi connectivity index (χ1n) is 7.47. The van der Waals surface area contributed by atoms with Gasteiger partial charge in [-0.25, -0.2) is 0 Å². The highest BCUT2D eigenvalue weighted by Gasteiger charge is 2.20. The zero-order valence-corrected chi connectivity index (χ0v) is 14.6. The molecule has 1 aromatic rings. The van der Waals surface area contributed by atoms with E-state index < -0.39 is 6.04 Å². The second kappa shape index (κ2) is 9.98. The Hall–Kier alpha value is -0.910. The fraction of sp³-hybridized carbons (Fsp3) is 0.562. The Balaban J connectivity index is 0.00000242. The van der Waals surface area contributed by atoms with Crippen LogP contribution >= 0.6 is 24.2 Å². The standard InChI is InChI=1S/C16H24N2O2S.ClH/c1-21-10-9-14(17)16(19)18-11-12-5-2-3-8-15(12)20-13-6-4-7-13;/h2-3,5,8,13-14H,4,6-7,9-11,17H2,1H3,(H,18,19);1H/t14-;/m0./s1. The molecule has 0 unspecified atom stereocenters. The van der Waals surface area contributed by atoms with Gasteiger partial charge in [-0.2, -0.15) is 11.8 Å². The van der Waals surface area contributed by atoms with Crippen molar-refractivity contribution in [3.8, 4) is 5.75 Å². The van der Waals surface area contributed by atoms with Crippen LogP contribution in [-0.4, -0.2) is 30.1 Å². The molecule has 2 rings (SSSR count). The van der Waals surface area contributed by atoms with E-state index in [0.717, 1.165) is 29.9 Å². The maximum absolute atomic E-state index is 11.9. The number of nitrogens with one attached hydrogen (secondary N) is 1. The van der Waals surface area contributed by atoms with Crippen LogP contribution in [0.2, 0.25) is 0 Å². The molecule has 22 heavy (non-hydrogen) atoms. The van der Waals surface area contributed by atoms with E-state index in [9.17, 15) is 4.79 Å². The van der Waals surface area contributed by atoms with Crippen molar-refractivity contribution in [2.24, 2.45) is 5.73 Å². The van der Waals surface area contributed by atoms with Gasteiger partial charge in [0.25, 0.3) is 0 Å². The summed E-state index contributed by atoms with van der Waals surface area (Å²) in [6.07, 6.45) is 6.55. The molecule has 124 valence electrons. The molecule has 0 saturated heterocycles. The monoisotopic (exact) mass is 344 g/mol. The van der Waals surface area contributed by atoms with Crippen LogP contribution in [0, 0.1) is 0 Å². The van der Waals surface area contributed by atoms with Gasteiger partial charge in [0, 0.05) is 12.1 Å². The number of carbonyl (C=O) groups excluding carboxylic acids is 1.